The number of halogens is 1. The highest BCUT2D eigenvalue weighted by Crippen LogP contribution is 2.55. The maximum atomic E-state index is 13.5. The molecule has 11 heteroatoms. The first-order valence-corrected chi connectivity index (χ1v) is 12.8. The van der Waals surface area contributed by atoms with E-state index in [4.69, 9.17) is 16.3 Å². The summed E-state index contributed by atoms with van der Waals surface area (Å²) in [5.41, 5.74) is -0.984. The smallest absolute Gasteiger partial charge is 0.252 e. The van der Waals surface area contributed by atoms with Gasteiger partial charge in [0.2, 0.25) is 10.0 Å². The van der Waals surface area contributed by atoms with Crippen LogP contribution in [0.2, 0.25) is 5.02 Å². The Balaban J connectivity index is 1.42. The van der Waals surface area contributed by atoms with E-state index in [1.54, 1.807) is 4.90 Å². The number of fused-ring (bicyclic) bond motifs is 2. The number of aliphatic hydroxyl groups is 2. The van der Waals surface area contributed by atoms with Crippen LogP contribution in [-0.4, -0.2) is 90.5 Å². The van der Waals surface area contributed by atoms with E-state index >= 15 is 0 Å². The molecule has 5 rings (SSSR count). The van der Waals surface area contributed by atoms with Gasteiger partial charge in [-0.2, -0.15) is 4.31 Å². The van der Waals surface area contributed by atoms with Crippen LogP contribution >= 0.6 is 11.6 Å². The van der Waals surface area contributed by atoms with E-state index in [-0.39, 0.29) is 36.1 Å². The fourth-order valence-electron chi connectivity index (χ4n) is 5.44. The molecule has 1 saturated carbocycles. The predicted octanol–water partition coefficient (Wildman–Crippen LogP) is 0.152. The minimum atomic E-state index is -4.11. The summed E-state index contributed by atoms with van der Waals surface area (Å²) in [6, 6.07) is 5.33. The van der Waals surface area contributed by atoms with Gasteiger partial charge in [0.25, 0.3) is 5.91 Å². The minimum Gasteiger partial charge on any atom is -0.383 e. The molecular formula is C21H28ClN3O6S. The zero-order chi connectivity index (χ0) is 22.7. The summed E-state index contributed by atoms with van der Waals surface area (Å²) >= 11 is 5.91. The van der Waals surface area contributed by atoms with E-state index < -0.39 is 33.8 Å². The lowest BCUT2D eigenvalue weighted by atomic mass is 9.88. The van der Waals surface area contributed by atoms with Gasteiger partial charge in [0, 0.05) is 35.6 Å². The van der Waals surface area contributed by atoms with E-state index in [9.17, 15) is 23.4 Å². The topological polar surface area (TPSA) is 119 Å². The number of sulfonamides is 1. The third kappa shape index (κ3) is 3.75. The fourth-order valence-corrected chi connectivity index (χ4v) is 7.28. The van der Waals surface area contributed by atoms with Gasteiger partial charge in [-0.1, -0.05) is 11.6 Å². The SMILES string of the molecule is O=C(C(O)C1([C@H]2COC[C@@H](O)N2S(=O)(=O)c2ccc(Cl)cc2)CC1)N1CC2CCC(C1)N2. The number of aliphatic hydroxyl groups excluding tert-OH is 2. The number of morpholine rings is 1. The second kappa shape index (κ2) is 8.19. The van der Waals surface area contributed by atoms with Crippen molar-refractivity contribution in [3.05, 3.63) is 29.3 Å². The van der Waals surface area contributed by atoms with Gasteiger partial charge in [-0.05, 0) is 49.9 Å². The van der Waals surface area contributed by atoms with E-state index in [0.29, 0.717) is 31.0 Å². The monoisotopic (exact) mass is 485 g/mol. The Hall–Kier alpha value is -1.27. The van der Waals surface area contributed by atoms with E-state index in [1.807, 2.05) is 0 Å². The average Bonchev–Trinajstić information content (AvgIpc) is 3.52. The first-order chi connectivity index (χ1) is 15.2. The van der Waals surface area contributed by atoms with Crippen LogP contribution in [0, 0.1) is 5.41 Å². The maximum Gasteiger partial charge on any atom is 0.252 e. The predicted molar refractivity (Wildman–Crippen MR) is 115 cm³/mol. The van der Waals surface area contributed by atoms with E-state index in [1.165, 1.54) is 24.3 Å². The minimum absolute atomic E-state index is 0.00102. The Morgan fingerprint density at radius 2 is 1.78 bits per heavy atom. The lowest BCUT2D eigenvalue weighted by Crippen LogP contribution is -2.62. The molecule has 4 fully saturated rings. The highest BCUT2D eigenvalue weighted by atomic mass is 35.5. The summed E-state index contributed by atoms with van der Waals surface area (Å²) in [6.07, 6.45) is 0.195. The number of carbonyl (C=O) groups excluding carboxylic acids is 1. The molecule has 3 saturated heterocycles. The van der Waals surface area contributed by atoms with Gasteiger partial charge in [0.15, 0.2) is 0 Å². The van der Waals surface area contributed by atoms with Gasteiger partial charge >= 0.3 is 0 Å². The quantitative estimate of drug-likeness (QED) is 0.543. The van der Waals surface area contributed by atoms with Crippen LogP contribution in [0.5, 0.6) is 0 Å². The number of amides is 1. The lowest BCUT2D eigenvalue weighted by Gasteiger charge is -2.44. The van der Waals surface area contributed by atoms with Crippen LogP contribution < -0.4 is 5.32 Å². The number of hydrogen-bond acceptors (Lipinski definition) is 7. The van der Waals surface area contributed by atoms with Gasteiger partial charge in [0.1, 0.15) is 12.3 Å². The van der Waals surface area contributed by atoms with Gasteiger partial charge in [-0.15, -0.1) is 0 Å². The first kappa shape index (κ1) is 22.5. The second-order valence-corrected chi connectivity index (χ2v) is 11.6. The zero-order valence-electron chi connectivity index (χ0n) is 17.6. The maximum absolute atomic E-state index is 13.5. The molecule has 3 heterocycles. The number of benzene rings is 1. The molecule has 3 N–H and O–H groups in total. The molecular weight excluding hydrogens is 458 g/mol. The lowest BCUT2D eigenvalue weighted by molar-refractivity contribution is -0.156. The van der Waals surface area contributed by atoms with Crippen molar-refractivity contribution in [3.8, 4) is 0 Å². The molecule has 9 nitrogen and oxygen atoms in total. The summed E-state index contributed by atoms with van der Waals surface area (Å²) in [4.78, 5) is 14.9. The number of hydrogen-bond donors (Lipinski definition) is 3. The van der Waals surface area contributed by atoms with Crippen molar-refractivity contribution in [1.29, 1.82) is 0 Å². The molecule has 0 radical (unpaired) electrons. The molecule has 0 spiro atoms. The number of likely N-dealkylation sites (tertiary alicyclic amines) is 1. The Morgan fingerprint density at radius 3 is 2.38 bits per heavy atom. The molecule has 1 amide bonds. The summed E-state index contributed by atoms with van der Waals surface area (Å²) in [5, 5.41) is 25.7. The van der Waals surface area contributed by atoms with Crippen molar-refractivity contribution in [2.75, 3.05) is 26.3 Å². The van der Waals surface area contributed by atoms with Crippen LogP contribution in [0.3, 0.4) is 0 Å². The van der Waals surface area contributed by atoms with Gasteiger partial charge in [0.05, 0.1) is 24.2 Å². The summed E-state index contributed by atoms with van der Waals surface area (Å²) < 4.78 is 33.4. The van der Waals surface area contributed by atoms with Crippen molar-refractivity contribution in [2.24, 2.45) is 5.41 Å². The van der Waals surface area contributed by atoms with Crippen molar-refractivity contribution >= 4 is 27.5 Å². The summed E-state index contributed by atoms with van der Waals surface area (Å²) in [5.74, 6) is -0.371. The van der Waals surface area contributed by atoms with Crippen molar-refractivity contribution in [3.63, 3.8) is 0 Å². The summed E-state index contributed by atoms with van der Waals surface area (Å²) in [6.45, 7) is 0.906. The van der Waals surface area contributed by atoms with Crippen molar-refractivity contribution < 1.29 is 28.2 Å². The molecule has 4 aliphatic rings. The molecule has 3 unspecified atom stereocenters. The molecule has 32 heavy (non-hydrogen) atoms. The molecule has 2 bridgehead atoms. The molecule has 1 aromatic rings. The van der Waals surface area contributed by atoms with Gasteiger partial charge in [-0.25, -0.2) is 8.42 Å². The van der Waals surface area contributed by atoms with Gasteiger partial charge < -0.3 is 25.2 Å². The highest BCUT2D eigenvalue weighted by molar-refractivity contribution is 7.89. The summed E-state index contributed by atoms with van der Waals surface area (Å²) in [7, 11) is -4.11. The third-order valence-electron chi connectivity index (χ3n) is 7.33. The van der Waals surface area contributed by atoms with E-state index in [0.717, 1.165) is 17.1 Å². The fraction of sp³-hybridized carbons (Fsp3) is 0.667. The second-order valence-electron chi connectivity index (χ2n) is 9.34. The van der Waals surface area contributed by atoms with Crippen LogP contribution in [0.1, 0.15) is 25.7 Å². The molecule has 1 aliphatic carbocycles. The third-order valence-corrected chi connectivity index (χ3v) is 9.50. The molecule has 176 valence electrons. The number of carbonyl (C=O) groups is 1. The Bertz CT molecular complexity index is 974. The number of nitrogens with one attached hydrogen (secondary N) is 1. The first-order valence-electron chi connectivity index (χ1n) is 11.0. The number of ether oxygens (including phenoxy) is 1. The molecule has 5 atom stereocenters. The van der Waals surface area contributed by atoms with Crippen LogP contribution in [-0.2, 0) is 19.6 Å². The average molecular weight is 486 g/mol. The van der Waals surface area contributed by atoms with Gasteiger partial charge in [-0.3, -0.25) is 4.79 Å². The largest absolute Gasteiger partial charge is 0.383 e. The normalized spacial score (nSPS) is 33.2. The van der Waals surface area contributed by atoms with Crippen LogP contribution in [0.15, 0.2) is 29.2 Å². The Labute approximate surface area is 192 Å². The van der Waals surface area contributed by atoms with Crippen LogP contribution in [0.4, 0.5) is 0 Å². The number of rotatable bonds is 5. The highest BCUT2D eigenvalue weighted by Gasteiger charge is 2.63. The standard InChI is InChI=1S/C21H28ClN3O6S/c22-13-1-5-16(6-2-13)32(29,30)25-17(11-31-12-18(25)26)21(7-8-21)19(27)20(28)24-9-14-3-4-15(10-24)23-14/h1-2,5-6,14-15,17-19,23,26-27H,3-4,7-12H2/t14?,15?,17-,18-,19?/m1/s1. The molecule has 0 aromatic heterocycles. The zero-order valence-corrected chi connectivity index (χ0v) is 19.1. The Morgan fingerprint density at radius 1 is 1.16 bits per heavy atom. The van der Waals surface area contributed by atoms with Crippen molar-refractivity contribution in [1.82, 2.24) is 14.5 Å². The molecule has 1 aromatic carbocycles. The van der Waals surface area contributed by atoms with E-state index in [2.05, 4.69) is 5.32 Å². The van der Waals surface area contributed by atoms with Crippen LogP contribution in [0.25, 0.3) is 0 Å². The number of nitrogens with zero attached hydrogens (tertiary/aromatic N) is 2. The Kier molecular flexibility index (Phi) is 5.77. The van der Waals surface area contributed by atoms with Crippen molar-refractivity contribution in [2.45, 2.75) is 61.0 Å². The molecule has 3 aliphatic heterocycles. The number of piperazine rings is 1.